The van der Waals surface area contributed by atoms with Gasteiger partial charge in [-0.05, 0) is 18.2 Å². The number of esters is 1. The lowest BCUT2D eigenvalue weighted by Gasteiger charge is -2.15. The summed E-state index contributed by atoms with van der Waals surface area (Å²) in [5.74, 6) is -0.873. The molecule has 1 aliphatic heterocycles. The summed E-state index contributed by atoms with van der Waals surface area (Å²) in [4.78, 5) is 37.2. The van der Waals surface area contributed by atoms with E-state index in [4.69, 9.17) is 14.6 Å². The highest BCUT2D eigenvalue weighted by atomic mass is 16.5. The molecular formula is C17H21N3O6. The van der Waals surface area contributed by atoms with Crippen molar-refractivity contribution in [2.75, 3.05) is 44.5 Å². The summed E-state index contributed by atoms with van der Waals surface area (Å²) in [5.41, 5.74) is 1.14. The summed E-state index contributed by atoms with van der Waals surface area (Å²) in [6, 6.07) is 4.86. The first-order valence-corrected chi connectivity index (χ1v) is 7.85. The molecule has 0 saturated carbocycles. The monoisotopic (exact) mass is 363 g/mol. The third kappa shape index (κ3) is 4.12. The normalized spacial score (nSPS) is 13.7. The smallest absolute Gasteiger partial charge is 0.337 e. The molecule has 0 radical (unpaired) electrons. The summed E-state index contributed by atoms with van der Waals surface area (Å²) < 4.78 is 9.92. The fourth-order valence-corrected chi connectivity index (χ4v) is 2.57. The van der Waals surface area contributed by atoms with Crippen LogP contribution in [0, 0.1) is 0 Å². The van der Waals surface area contributed by atoms with Crippen molar-refractivity contribution in [3.8, 4) is 5.75 Å². The molecule has 0 atom stereocenters. The van der Waals surface area contributed by atoms with Crippen LogP contribution in [-0.4, -0.2) is 61.7 Å². The number of ether oxygens (including phenoxy) is 2. The van der Waals surface area contributed by atoms with E-state index >= 15 is 0 Å². The van der Waals surface area contributed by atoms with E-state index in [2.05, 4.69) is 10.6 Å². The number of carbonyl (C=O) groups is 3. The first-order valence-electron chi connectivity index (χ1n) is 7.85. The maximum atomic E-state index is 12.5. The SMILES string of the molecule is COC(=O)C1=C(Nc2ccc(OC)c(NC(C)=O)c2)C(=O)N(CCO)C1. The van der Waals surface area contributed by atoms with Crippen LogP contribution in [0.2, 0.25) is 0 Å². The molecule has 0 bridgehead atoms. The maximum absolute atomic E-state index is 12.5. The van der Waals surface area contributed by atoms with Gasteiger partial charge in [0.15, 0.2) is 0 Å². The molecule has 1 aliphatic rings. The van der Waals surface area contributed by atoms with Crippen molar-refractivity contribution in [2.24, 2.45) is 0 Å². The molecule has 0 spiro atoms. The molecule has 1 heterocycles. The maximum Gasteiger partial charge on any atom is 0.337 e. The minimum absolute atomic E-state index is 0.0447. The molecule has 0 fully saturated rings. The van der Waals surface area contributed by atoms with Gasteiger partial charge in [-0.15, -0.1) is 0 Å². The topological polar surface area (TPSA) is 117 Å². The largest absolute Gasteiger partial charge is 0.495 e. The number of carbonyl (C=O) groups excluding carboxylic acids is 3. The van der Waals surface area contributed by atoms with Gasteiger partial charge in [-0.25, -0.2) is 4.79 Å². The zero-order valence-corrected chi connectivity index (χ0v) is 14.8. The van der Waals surface area contributed by atoms with Gasteiger partial charge in [-0.1, -0.05) is 0 Å². The number of aliphatic hydroxyl groups is 1. The second kappa shape index (κ2) is 8.34. The molecule has 2 rings (SSSR count). The number of β-amino-alcohol motifs (C(OH)–C–C–N with tert-alkyl or cyclic N) is 1. The van der Waals surface area contributed by atoms with E-state index in [0.717, 1.165) is 0 Å². The zero-order valence-electron chi connectivity index (χ0n) is 14.8. The molecule has 9 nitrogen and oxygen atoms in total. The van der Waals surface area contributed by atoms with Crippen LogP contribution in [0.4, 0.5) is 11.4 Å². The van der Waals surface area contributed by atoms with E-state index in [9.17, 15) is 14.4 Å². The Bertz CT molecular complexity index is 759. The minimum Gasteiger partial charge on any atom is -0.495 e. The molecule has 0 saturated heterocycles. The van der Waals surface area contributed by atoms with Crippen LogP contribution in [0.3, 0.4) is 0 Å². The number of anilines is 2. The molecule has 1 aromatic rings. The van der Waals surface area contributed by atoms with Crippen molar-refractivity contribution in [2.45, 2.75) is 6.92 Å². The lowest BCUT2D eigenvalue weighted by molar-refractivity contribution is -0.136. The predicted molar refractivity (Wildman–Crippen MR) is 93.6 cm³/mol. The van der Waals surface area contributed by atoms with Gasteiger partial charge in [-0.2, -0.15) is 0 Å². The lowest BCUT2D eigenvalue weighted by Crippen LogP contribution is -2.31. The Morgan fingerprint density at radius 2 is 2.04 bits per heavy atom. The highest BCUT2D eigenvalue weighted by molar-refractivity contribution is 6.08. The second-order valence-corrected chi connectivity index (χ2v) is 5.52. The Labute approximate surface area is 150 Å². The van der Waals surface area contributed by atoms with E-state index in [1.165, 1.54) is 26.0 Å². The van der Waals surface area contributed by atoms with Crippen molar-refractivity contribution < 1.29 is 29.0 Å². The Kier molecular flexibility index (Phi) is 6.18. The van der Waals surface area contributed by atoms with Gasteiger partial charge in [-0.3, -0.25) is 9.59 Å². The Hall–Kier alpha value is -3.07. The van der Waals surface area contributed by atoms with Crippen molar-refractivity contribution in [3.63, 3.8) is 0 Å². The third-order valence-corrected chi connectivity index (χ3v) is 3.73. The second-order valence-electron chi connectivity index (χ2n) is 5.52. The molecule has 140 valence electrons. The van der Waals surface area contributed by atoms with Gasteiger partial charge in [0.2, 0.25) is 5.91 Å². The number of methoxy groups -OCH3 is 2. The summed E-state index contributed by atoms with van der Waals surface area (Å²) in [5, 5.41) is 14.6. The molecule has 26 heavy (non-hydrogen) atoms. The summed E-state index contributed by atoms with van der Waals surface area (Å²) in [7, 11) is 2.70. The number of hydrogen-bond donors (Lipinski definition) is 3. The van der Waals surface area contributed by atoms with Crippen LogP contribution < -0.4 is 15.4 Å². The summed E-state index contributed by atoms with van der Waals surface area (Å²) in [6.45, 7) is 1.29. The van der Waals surface area contributed by atoms with Crippen molar-refractivity contribution in [3.05, 3.63) is 29.5 Å². The Morgan fingerprint density at radius 1 is 1.31 bits per heavy atom. The first kappa shape index (κ1) is 19.3. The fourth-order valence-electron chi connectivity index (χ4n) is 2.57. The van der Waals surface area contributed by atoms with Crippen molar-refractivity contribution in [1.29, 1.82) is 0 Å². The highest BCUT2D eigenvalue weighted by Crippen LogP contribution is 2.30. The van der Waals surface area contributed by atoms with Gasteiger partial charge in [0.25, 0.3) is 5.91 Å². The minimum atomic E-state index is -0.628. The standard InChI is InChI=1S/C17H21N3O6/c1-10(22)18-13-8-11(4-5-14(13)25-2)19-15-12(17(24)26-3)9-20(6-7-21)16(15)23/h4-5,8,19,21H,6-7,9H2,1-3H3,(H,18,22). The summed E-state index contributed by atoms with van der Waals surface area (Å²) in [6.07, 6.45) is 0. The quantitative estimate of drug-likeness (QED) is 0.598. The van der Waals surface area contributed by atoms with E-state index in [-0.39, 0.29) is 36.9 Å². The zero-order chi connectivity index (χ0) is 19.3. The highest BCUT2D eigenvalue weighted by Gasteiger charge is 2.34. The van der Waals surface area contributed by atoms with Crippen LogP contribution in [0.25, 0.3) is 0 Å². The van der Waals surface area contributed by atoms with Gasteiger partial charge >= 0.3 is 5.97 Å². The average molecular weight is 363 g/mol. The number of nitrogens with one attached hydrogen (secondary N) is 2. The fraction of sp³-hybridized carbons (Fsp3) is 0.353. The van der Waals surface area contributed by atoms with Crippen molar-refractivity contribution in [1.82, 2.24) is 4.90 Å². The number of benzene rings is 1. The first-order chi connectivity index (χ1) is 12.4. The molecule has 0 unspecified atom stereocenters. The number of nitrogens with zero attached hydrogens (tertiary/aromatic N) is 1. The van der Waals surface area contributed by atoms with Gasteiger partial charge < -0.3 is 30.1 Å². The molecule has 2 amide bonds. The molecular weight excluding hydrogens is 342 g/mol. The Balaban J connectivity index is 2.35. The molecule has 1 aromatic carbocycles. The molecule has 0 aliphatic carbocycles. The number of hydrogen-bond acceptors (Lipinski definition) is 7. The predicted octanol–water partition coefficient (Wildman–Crippen LogP) is 0.327. The van der Waals surface area contributed by atoms with Gasteiger partial charge in [0, 0.05) is 19.2 Å². The molecule has 0 aromatic heterocycles. The van der Waals surface area contributed by atoms with Gasteiger partial charge in [0.05, 0.1) is 38.6 Å². The summed E-state index contributed by atoms with van der Waals surface area (Å²) >= 11 is 0. The van der Waals surface area contributed by atoms with E-state index < -0.39 is 11.9 Å². The van der Waals surface area contributed by atoms with Crippen LogP contribution in [0.1, 0.15) is 6.92 Å². The van der Waals surface area contributed by atoms with E-state index in [0.29, 0.717) is 17.1 Å². The van der Waals surface area contributed by atoms with Crippen LogP contribution in [0.15, 0.2) is 29.5 Å². The third-order valence-electron chi connectivity index (χ3n) is 3.73. The van der Waals surface area contributed by atoms with Crippen LogP contribution in [-0.2, 0) is 19.1 Å². The van der Waals surface area contributed by atoms with E-state index in [1.807, 2.05) is 0 Å². The molecule has 3 N–H and O–H groups in total. The lowest BCUT2D eigenvalue weighted by atomic mass is 10.2. The van der Waals surface area contributed by atoms with Crippen molar-refractivity contribution >= 4 is 29.2 Å². The van der Waals surface area contributed by atoms with Crippen LogP contribution >= 0.6 is 0 Å². The van der Waals surface area contributed by atoms with Gasteiger partial charge in [0.1, 0.15) is 11.4 Å². The van der Waals surface area contributed by atoms with E-state index in [1.54, 1.807) is 18.2 Å². The Morgan fingerprint density at radius 3 is 2.62 bits per heavy atom. The number of amides is 2. The number of rotatable bonds is 7. The number of aliphatic hydroxyl groups excluding tert-OH is 1. The average Bonchev–Trinajstić information content (AvgIpc) is 2.91. The molecule has 9 heteroatoms. The van der Waals surface area contributed by atoms with Crippen LogP contribution in [0.5, 0.6) is 5.75 Å².